The van der Waals surface area contributed by atoms with E-state index < -0.39 is 0 Å². The highest BCUT2D eigenvalue weighted by Crippen LogP contribution is 2.24. The number of hydrogen-bond donors (Lipinski definition) is 0. The Morgan fingerprint density at radius 2 is 1.80 bits per heavy atom. The van der Waals surface area contributed by atoms with Crippen molar-refractivity contribution in [2.24, 2.45) is 0 Å². The fourth-order valence-electron chi connectivity index (χ4n) is 2.06. The summed E-state index contributed by atoms with van der Waals surface area (Å²) in [5, 5.41) is 4.45. The van der Waals surface area contributed by atoms with Crippen molar-refractivity contribution < 1.29 is 0 Å². The van der Waals surface area contributed by atoms with Gasteiger partial charge in [-0.15, -0.1) is 0 Å². The van der Waals surface area contributed by atoms with E-state index in [9.17, 15) is 0 Å². The van der Waals surface area contributed by atoms with E-state index in [-0.39, 0.29) is 0 Å². The van der Waals surface area contributed by atoms with Gasteiger partial charge in [0.1, 0.15) is 0 Å². The largest absolute Gasteiger partial charge is 0.268 e. The molecule has 0 amide bonds. The van der Waals surface area contributed by atoms with Gasteiger partial charge >= 0.3 is 0 Å². The Kier molecular flexibility index (Phi) is 4.21. The maximum atomic E-state index is 4.45. The third kappa shape index (κ3) is 3.12. The summed E-state index contributed by atoms with van der Waals surface area (Å²) in [5.41, 5.74) is 3.63. The Morgan fingerprint density at radius 3 is 2.55 bits per heavy atom. The average Bonchev–Trinajstić information content (AvgIpc) is 2.90. The zero-order valence-corrected chi connectivity index (χ0v) is 14.4. The molecule has 2 nitrogen and oxygen atoms in total. The number of benzene rings is 2. The fraction of sp³-hybridized carbons (Fsp3) is 0.0625. The van der Waals surface area contributed by atoms with E-state index in [2.05, 4.69) is 98.3 Å². The Bertz CT molecular complexity index is 719. The topological polar surface area (TPSA) is 17.8 Å². The molecule has 3 aromatic rings. The molecule has 100 valence electrons. The first kappa shape index (κ1) is 13.8. The van der Waals surface area contributed by atoms with Gasteiger partial charge in [0.25, 0.3) is 0 Å². The number of aromatic nitrogens is 2. The van der Waals surface area contributed by atoms with E-state index in [4.69, 9.17) is 0 Å². The molecule has 0 aliphatic carbocycles. The van der Waals surface area contributed by atoms with Gasteiger partial charge in [0.15, 0.2) is 0 Å². The molecule has 0 unspecified atom stereocenters. The molecule has 0 radical (unpaired) electrons. The van der Waals surface area contributed by atoms with E-state index in [0.29, 0.717) is 0 Å². The van der Waals surface area contributed by atoms with Gasteiger partial charge in [0, 0.05) is 19.8 Å². The van der Waals surface area contributed by atoms with Crippen molar-refractivity contribution in [3.8, 4) is 11.1 Å². The van der Waals surface area contributed by atoms with Crippen molar-refractivity contribution in [1.29, 1.82) is 0 Å². The molecule has 0 bridgehead atoms. The van der Waals surface area contributed by atoms with Crippen LogP contribution in [0.5, 0.6) is 0 Å². The molecule has 0 spiro atoms. The number of hydrogen-bond acceptors (Lipinski definition) is 1. The Labute approximate surface area is 140 Å². The molecule has 0 saturated heterocycles. The molecule has 0 aliphatic rings. The molecule has 0 aliphatic heterocycles. The van der Waals surface area contributed by atoms with Gasteiger partial charge in [-0.2, -0.15) is 5.10 Å². The van der Waals surface area contributed by atoms with Crippen molar-refractivity contribution in [3.05, 3.63) is 74.5 Å². The maximum Gasteiger partial charge on any atom is 0.0659 e. The predicted octanol–water partition coefficient (Wildman–Crippen LogP) is 4.97. The predicted molar refractivity (Wildman–Crippen MR) is 93.6 cm³/mol. The molecule has 4 heteroatoms. The van der Waals surface area contributed by atoms with Crippen molar-refractivity contribution in [2.45, 2.75) is 6.54 Å². The fourth-order valence-corrected chi connectivity index (χ4v) is 3.02. The molecular formula is C16H12BrIN2. The summed E-state index contributed by atoms with van der Waals surface area (Å²) in [4.78, 5) is 0. The molecule has 20 heavy (non-hydrogen) atoms. The van der Waals surface area contributed by atoms with Crippen LogP contribution in [0, 0.1) is 3.57 Å². The van der Waals surface area contributed by atoms with E-state index in [1.165, 1.54) is 14.7 Å². The summed E-state index contributed by atoms with van der Waals surface area (Å²) in [5.74, 6) is 0. The van der Waals surface area contributed by atoms with Crippen LogP contribution in [0.25, 0.3) is 11.1 Å². The second-order valence-electron chi connectivity index (χ2n) is 4.53. The average molecular weight is 439 g/mol. The Hall–Kier alpha value is -1.14. The summed E-state index contributed by atoms with van der Waals surface area (Å²) < 4.78 is 4.32. The molecular weight excluding hydrogens is 427 g/mol. The summed E-state index contributed by atoms with van der Waals surface area (Å²) in [6, 6.07) is 16.7. The molecule has 0 saturated carbocycles. The van der Waals surface area contributed by atoms with E-state index in [1.54, 1.807) is 0 Å². The van der Waals surface area contributed by atoms with E-state index in [1.807, 2.05) is 10.9 Å². The summed E-state index contributed by atoms with van der Waals surface area (Å²) in [6.45, 7) is 0.788. The summed E-state index contributed by atoms with van der Waals surface area (Å²) >= 11 is 5.81. The maximum absolute atomic E-state index is 4.45. The van der Waals surface area contributed by atoms with Crippen LogP contribution in [0.4, 0.5) is 0 Å². The zero-order valence-electron chi connectivity index (χ0n) is 10.6. The molecule has 2 aromatic carbocycles. The number of nitrogens with zero attached hydrogens (tertiary/aromatic N) is 2. The number of rotatable bonds is 3. The van der Waals surface area contributed by atoms with Gasteiger partial charge in [-0.3, -0.25) is 4.68 Å². The van der Waals surface area contributed by atoms with Gasteiger partial charge < -0.3 is 0 Å². The van der Waals surface area contributed by atoms with Crippen LogP contribution >= 0.6 is 38.5 Å². The van der Waals surface area contributed by atoms with Gasteiger partial charge in [-0.05, 0) is 51.9 Å². The lowest BCUT2D eigenvalue weighted by molar-refractivity contribution is 0.687. The quantitative estimate of drug-likeness (QED) is 0.528. The zero-order chi connectivity index (χ0) is 13.9. The normalized spacial score (nSPS) is 10.7. The van der Waals surface area contributed by atoms with Crippen LogP contribution in [-0.2, 0) is 6.54 Å². The van der Waals surface area contributed by atoms with Gasteiger partial charge in [0.2, 0.25) is 0 Å². The minimum absolute atomic E-state index is 0.788. The minimum atomic E-state index is 0.788. The molecule has 0 fully saturated rings. The standard InChI is InChI=1S/C16H12BrIN2/c17-14-7-5-12(6-8-14)10-20-11-13(9-19-20)15-3-1-2-4-16(15)18/h1-9,11H,10H2. The van der Waals surface area contributed by atoms with Crippen molar-refractivity contribution >= 4 is 38.5 Å². The Balaban J connectivity index is 1.84. The van der Waals surface area contributed by atoms with Crippen LogP contribution in [0.3, 0.4) is 0 Å². The first-order valence-corrected chi connectivity index (χ1v) is 8.11. The van der Waals surface area contributed by atoms with Crippen molar-refractivity contribution in [1.82, 2.24) is 9.78 Å². The monoisotopic (exact) mass is 438 g/mol. The summed E-state index contributed by atoms with van der Waals surface area (Å²) in [6.07, 6.45) is 4.02. The lowest BCUT2D eigenvalue weighted by atomic mass is 10.1. The van der Waals surface area contributed by atoms with Crippen molar-refractivity contribution in [2.75, 3.05) is 0 Å². The van der Waals surface area contributed by atoms with Crippen LogP contribution < -0.4 is 0 Å². The minimum Gasteiger partial charge on any atom is -0.268 e. The first-order chi connectivity index (χ1) is 9.72. The SMILES string of the molecule is Brc1ccc(Cn2cc(-c3ccccc3I)cn2)cc1. The van der Waals surface area contributed by atoms with Crippen molar-refractivity contribution in [3.63, 3.8) is 0 Å². The number of halogens is 2. The molecule has 3 rings (SSSR count). The third-order valence-electron chi connectivity index (χ3n) is 3.08. The molecule has 1 aromatic heterocycles. The highest BCUT2D eigenvalue weighted by Gasteiger charge is 2.05. The molecule has 0 N–H and O–H groups in total. The molecule has 1 heterocycles. The Morgan fingerprint density at radius 1 is 1.05 bits per heavy atom. The van der Waals surface area contributed by atoms with Gasteiger partial charge in [-0.1, -0.05) is 46.3 Å². The second kappa shape index (κ2) is 6.10. The van der Waals surface area contributed by atoms with Crippen LogP contribution in [-0.4, -0.2) is 9.78 Å². The molecule has 0 atom stereocenters. The van der Waals surface area contributed by atoms with Crippen LogP contribution in [0.15, 0.2) is 65.4 Å². The lowest BCUT2D eigenvalue weighted by Crippen LogP contribution is -1.99. The third-order valence-corrected chi connectivity index (χ3v) is 4.55. The highest BCUT2D eigenvalue weighted by atomic mass is 127. The van der Waals surface area contributed by atoms with Crippen LogP contribution in [0.2, 0.25) is 0 Å². The summed E-state index contributed by atoms with van der Waals surface area (Å²) in [7, 11) is 0. The second-order valence-corrected chi connectivity index (χ2v) is 6.61. The van der Waals surface area contributed by atoms with E-state index in [0.717, 1.165) is 16.6 Å². The van der Waals surface area contributed by atoms with Gasteiger partial charge in [0.05, 0.1) is 12.7 Å². The highest BCUT2D eigenvalue weighted by molar-refractivity contribution is 14.1. The smallest absolute Gasteiger partial charge is 0.0659 e. The first-order valence-electron chi connectivity index (χ1n) is 6.24. The van der Waals surface area contributed by atoms with Crippen LogP contribution in [0.1, 0.15) is 5.56 Å². The lowest BCUT2D eigenvalue weighted by Gasteiger charge is -2.02. The van der Waals surface area contributed by atoms with E-state index >= 15 is 0 Å². The van der Waals surface area contributed by atoms with Gasteiger partial charge in [-0.25, -0.2) is 0 Å².